The summed E-state index contributed by atoms with van der Waals surface area (Å²) in [5.74, 6) is 0. The first-order valence-corrected chi connectivity index (χ1v) is 5.14. The second kappa shape index (κ2) is 4.43. The molecule has 1 rings (SSSR count). The van der Waals surface area contributed by atoms with Crippen LogP contribution in [0.5, 0.6) is 0 Å². The molecule has 88 valence electrons. The van der Waals surface area contributed by atoms with Gasteiger partial charge in [-0.2, -0.15) is 0 Å². The minimum Gasteiger partial charge on any atom is -0.444 e. The van der Waals surface area contributed by atoms with Gasteiger partial charge >= 0.3 is 6.09 Å². The van der Waals surface area contributed by atoms with E-state index in [-0.39, 0.29) is 0 Å². The fourth-order valence-corrected chi connectivity index (χ4v) is 1.24. The van der Waals surface area contributed by atoms with Crippen LogP contribution in [0.15, 0.2) is 18.2 Å². The van der Waals surface area contributed by atoms with Gasteiger partial charge in [0.15, 0.2) is 0 Å². The Morgan fingerprint density at radius 3 is 2.50 bits per heavy atom. The molecule has 1 amide bonds. The van der Waals surface area contributed by atoms with Crippen molar-refractivity contribution in [2.24, 2.45) is 0 Å². The van der Waals surface area contributed by atoms with Crippen LogP contribution in [-0.2, 0) is 4.74 Å². The summed E-state index contributed by atoms with van der Waals surface area (Å²) in [5, 5.41) is 2.68. The Morgan fingerprint density at radius 2 is 2.00 bits per heavy atom. The number of hydrogen-bond donors (Lipinski definition) is 2. The first-order valence-electron chi connectivity index (χ1n) is 5.14. The molecule has 0 fully saturated rings. The number of anilines is 2. The van der Waals surface area contributed by atoms with Crippen molar-refractivity contribution in [2.75, 3.05) is 11.1 Å². The third-order valence-electron chi connectivity index (χ3n) is 1.89. The highest BCUT2D eigenvalue weighted by atomic mass is 16.6. The molecule has 0 bridgehead atoms. The van der Waals surface area contributed by atoms with E-state index in [0.29, 0.717) is 11.4 Å². The zero-order chi connectivity index (χ0) is 12.3. The van der Waals surface area contributed by atoms with Crippen molar-refractivity contribution in [1.82, 2.24) is 0 Å². The number of amides is 1. The van der Waals surface area contributed by atoms with Crippen LogP contribution in [0.4, 0.5) is 16.2 Å². The van der Waals surface area contributed by atoms with Crippen molar-refractivity contribution in [3.05, 3.63) is 23.8 Å². The van der Waals surface area contributed by atoms with E-state index < -0.39 is 11.7 Å². The van der Waals surface area contributed by atoms with Crippen molar-refractivity contribution in [1.29, 1.82) is 0 Å². The van der Waals surface area contributed by atoms with Crippen LogP contribution in [0, 0.1) is 6.92 Å². The topological polar surface area (TPSA) is 64.3 Å². The number of carbonyl (C=O) groups is 1. The Balaban J connectivity index is 2.70. The van der Waals surface area contributed by atoms with E-state index in [2.05, 4.69) is 5.32 Å². The van der Waals surface area contributed by atoms with E-state index in [9.17, 15) is 4.79 Å². The third kappa shape index (κ3) is 3.81. The van der Waals surface area contributed by atoms with Gasteiger partial charge in [0.05, 0.1) is 0 Å². The molecule has 0 unspecified atom stereocenters. The van der Waals surface area contributed by atoms with Gasteiger partial charge in [0.1, 0.15) is 5.60 Å². The zero-order valence-corrected chi connectivity index (χ0v) is 10.1. The summed E-state index contributed by atoms with van der Waals surface area (Å²) in [6.07, 6.45) is -0.458. The molecular weight excluding hydrogens is 204 g/mol. The fraction of sp³-hybridized carbons (Fsp3) is 0.417. The van der Waals surface area contributed by atoms with E-state index >= 15 is 0 Å². The van der Waals surface area contributed by atoms with Crippen LogP contribution in [0.1, 0.15) is 26.3 Å². The molecule has 0 spiro atoms. The van der Waals surface area contributed by atoms with Crippen molar-refractivity contribution in [3.8, 4) is 0 Å². The molecule has 4 heteroatoms. The number of aryl methyl sites for hydroxylation is 1. The van der Waals surface area contributed by atoms with Crippen LogP contribution in [0.25, 0.3) is 0 Å². The van der Waals surface area contributed by atoms with E-state index in [1.54, 1.807) is 18.2 Å². The minimum absolute atomic E-state index is 0.458. The van der Waals surface area contributed by atoms with E-state index in [0.717, 1.165) is 5.56 Å². The Labute approximate surface area is 95.8 Å². The van der Waals surface area contributed by atoms with Crippen molar-refractivity contribution in [2.45, 2.75) is 33.3 Å². The summed E-state index contributed by atoms with van der Waals surface area (Å²) in [4.78, 5) is 11.5. The molecule has 3 N–H and O–H groups in total. The van der Waals surface area contributed by atoms with Crippen LogP contribution in [-0.4, -0.2) is 11.7 Å². The molecule has 0 aromatic heterocycles. The monoisotopic (exact) mass is 222 g/mol. The summed E-state index contributed by atoms with van der Waals surface area (Å²) in [6.45, 7) is 7.34. The second-order valence-electron chi connectivity index (χ2n) is 4.70. The van der Waals surface area contributed by atoms with Gasteiger partial charge in [-0.1, -0.05) is 0 Å². The molecule has 0 heterocycles. The average molecular weight is 222 g/mol. The van der Waals surface area contributed by atoms with Gasteiger partial charge < -0.3 is 10.5 Å². The quantitative estimate of drug-likeness (QED) is 0.718. The first kappa shape index (κ1) is 12.4. The number of ether oxygens (including phenoxy) is 1. The maximum Gasteiger partial charge on any atom is 0.412 e. The van der Waals surface area contributed by atoms with Crippen molar-refractivity contribution >= 4 is 17.5 Å². The molecular formula is C12H18N2O2. The molecule has 0 saturated carbocycles. The highest BCUT2D eigenvalue weighted by molar-refractivity contribution is 5.86. The number of nitrogens with two attached hydrogens (primary N) is 1. The largest absolute Gasteiger partial charge is 0.444 e. The van der Waals surface area contributed by atoms with E-state index in [4.69, 9.17) is 10.5 Å². The molecule has 4 nitrogen and oxygen atoms in total. The normalized spacial score (nSPS) is 11.0. The van der Waals surface area contributed by atoms with E-state index in [1.165, 1.54) is 0 Å². The lowest BCUT2D eigenvalue weighted by atomic mass is 10.2. The molecule has 0 saturated heterocycles. The number of carbonyl (C=O) groups excluding carboxylic acids is 1. The van der Waals surface area contributed by atoms with Crippen LogP contribution in [0.3, 0.4) is 0 Å². The highest BCUT2D eigenvalue weighted by Crippen LogP contribution is 2.18. The fourth-order valence-electron chi connectivity index (χ4n) is 1.24. The van der Waals surface area contributed by atoms with Crippen LogP contribution >= 0.6 is 0 Å². The van der Waals surface area contributed by atoms with Gasteiger partial charge in [-0.25, -0.2) is 4.79 Å². The lowest BCUT2D eigenvalue weighted by Gasteiger charge is -2.20. The Hall–Kier alpha value is -1.71. The number of benzene rings is 1. The maximum atomic E-state index is 11.5. The average Bonchev–Trinajstić information content (AvgIpc) is 2.06. The van der Waals surface area contributed by atoms with Crippen molar-refractivity contribution < 1.29 is 9.53 Å². The predicted octanol–water partition coefficient (Wildman–Crippen LogP) is 2.92. The van der Waals surface area contributed by atoms with Crippen LogP contribution < -0.4 is 11.1 Å². The van der Waals surface area contributed by atoms with Crippen molar-refractivity contribution in [3.63, 3.8) is 0 Å². The maximum absolute atomic E-state index is 11.5. The summed E-state index contributed by atoms with van der Waals surface area (Å²) in [7, 11) is 0. The summed E-state index contributed by atoms with van der Waals surface area (Å²) < 4.78 is 5.15. The Morgan fingerprint density at radius 1 is 1.38 bits per heavy atom. The smallest absolute Gasteiger partial charge is 0.412 e. The molecule has 0 aliphatic heterocycles. The van der Waals surface area contributed by atoms with Gasteiger partial charge in [0.25, 0.3) is 0 Å². The molecule has 16 heavy (non-hydrogen) atoms. The molecule has 1 aromatic carbocycles. The predicted molar refractivity (Wildman–Crippen MR) is 65.4 cm³/mol. The lowest BCUT2D eigenvalue weighted by molar-refractivity contribution is 0.0636. The van der Waals surface area contributed by atoms with Gasteiger partial charge in [0, 0.05) is 11.4 Å². The van der Waals surface area contributed by atoms with Crippen LogP contribution in [0.2, 0.25) is 0 Å². The summed E-state index contributed by atoms with van der Waals surface area (Å²) in [5.41, 5.74) is 7.41. The summed E-state index contributed by atoms with van der Waals surface area (Å²) in [6, 6.07) is 5.29. The molecule has 0 aliphatic carbocycles. The first-order chi connectivity index (χ1) is 7.28. The second-order valence-corrected chi connectivity index (χ2v) is 4.70. The molecule has 0 radical (unpaired) electrons. The Kier molecular flexibility index (Phi) is 3.42. The standard InChI is InChI=1S/C12H18N2O2/c1-8-7-9(13)5-6-10(8)14-11(15)16-12(2,3)4/h5-7H,13H2,1-4H3,(H,14,15). The lowest BCUT2D eigenvalue weighted by Crippen LogP contribution is -2.27. The molecule has 0 atom stereocenters. The van der Waals surface area contributed by atoms with Gasteiger partial charge in [0.2, 0.25) is 0 Å². The SMILES string of the molecule is Cc1cc(N)ccc1NC(=O)OC(C)(C)C. The molecule has 1 aromatic rings. The van der Waals surface area contributed by atoms with E-state index in [1.807, 2.05) is 27.7 Å². The van der Waals surface area contributed by atoms with Gasteiger partial charge in [-0.3, -0.25) is 5.32 Å². The van der Waals surface area contributed by atoms with Gasteiger partial charge in [-0.15, -0.1) is 0 Å². The minimum atomic E-state index is -0.494. The summed E-state index contributed by atoms with van der Waals surface area (Å²) >= 11 is 0. The Bertz CT molecular complexity index is 394. The number of nitrogens with one attached hydrogen (secondary N) is 1. The van der Waals surface area contributed by atoms with Gasteiger partial charge in [-0.05, 0) is 51.5 Å². The zero-order valence-electron chi connectivity index (χ0n) is 10.1. The highest BCUT2D eigenvalue weighted by Gasteiger charge is 2.16. The number of rotatable bonds is 1. The molecule has 0 aliphatic rings. The third-order valence-corrected chi connectivity index (χ3v) is 1.89. The number of hydrogen-bond acceptors (Lipinski definition) is 3. The number of nitrogen functional groups attached to an aromatic ring is 1.